The lowest BCUT2D eigenvalue weighted by atomic mass is 10.1. The Labute approximate surface area is 129 Å². The molecular weight excluding hydrogens is 296 g/mol. The van der Waals surface area contributed by atoms with Crippen LogP contribution in [0.4, 0.5) is 11.4 Å². The van der Waals surface area contributed by atoms with Gasteiger partial charge in [-0.25, -0.2) is 0 Å². The lowest BCUT2D eigenvalue weighted by Gasteiger charge is -2.24. The van der Waals surface area contributed by atoms with Crippen molar-refractivity contribution in [1.82, 2.24) is 10.2 Å². The molecule has 1 atom stereocenters. The largest absolute Gasteiger partial charge is 0.393 e. The summed E-state index contributed by atoms with van der Waals surface area (Å²) in [4.78, 5) is 24.5. The van der Waals surface area contributed by atoms with Crippen LogP contribution >= 0.6 is 12.4 Å². The highest BCUT2D eigenvalue weighted by Crippen LogP contribution is 2.28. The molecule has 1 amide bonds. The summed E-state index contributed by atoms with van der Waals surface area (Å²) >= 11 is 0. The predicted molar refractivity (Wildman–Crippen MR) is 82.9 cm³/mol. The van der Waals surface area contributed by atoms with Crippen molar-refractivity contribution in [2.24, 2.45) is 0 Å². The zero-order chi connectivity index (χ0) is 14.9. The Kier molecular flexibility index (Phi) is 5.51. The second kappa shape index (κ2) is 6.73. The highest BCUT2D eigenvalue weighted by molar-refractivity contribution is 6.01. The summed E-state index contributed by atoms with van der Waals surface area (Å²) in [5, 5.41) is 14.1. The number of nitrogens with zero attached hydrogens (tertiary/aromatic N) is 2. The molecule has 0 radical (unpaired) electrons. The number of halogens is 1. The lowest BCUT2D eigenvalue weighted by Crippen LogP contribution is -2.38. The number of nitrogens with two attached hydrogens (primary N) is 1. The fourth-order valence-corrected chi connectivity index (χ4v) is 2.43. The van der Waals surface area contributed by atoms with E-state index in [9.17, 15) is 14.9 Å². The van der Waals surface area contributed by atoms with Crippen LogP contribution in [0.1, 0.15) is 22.3 Å². The first-order chi connectivity index (χ1) is 9.41. The van der Waals surface area contributed by atoms with Gasteiger partial charge in [-0.1, -0.05) is 0 Å². The van der Waals surface area contributed by atoms with E-state index in [0.29, 0.717) is 5.56 Å². The van der Waals surface area contributed by atoms with Crippen LogP contribution < -0.4 is 11.1 Å². The first-order valence-corrected chi connectivity index (χ1v) is 6.44. The van der Waals surface area contributed by atoms with Gasteiger partial charge in [-0.3, -0.25) is 14.9 Å². The molecule has 0 bridgehead atoms. The Morgan fingerprint density at radius 1 is 1.52 bits per heavy atom. The van der Waals surface area contributed by atoms with Gasteiger partial charge in [0.25, 0.3) is 11.6 Å². The van der Waals surface area contributed by atoms with E-state index < -0.39 is 4.92 Å². The molecule has 8 heteroatoms. The maximum Gasteiger partial charge on any atom is 0.293 e. The zero-order valence-corrected chi connectivity index (χ0v) is 12.8. The first kappa shape index (κ1) is 17.2. The molecule has 1 aliphatic heterocycles. The number of hydrogen-bond donors (Lipinski definition) is 2. The summed E-state index contributed by atoms with van der Waals surface area (Å²) in [5.74, 6) is -0.275. The van der Waals surface area contributed by atoms with Gasteiger partial charge in [-0.2, -0.15) is 0 Å². The maximum atomic E-state index is 12.5. The lowest BCUT2D eigenvalue weighted by molar-refractivity contribution is -0.384. The summed E-state index contributed by atoms with van der Waals surface area (Å²) in [6, 6.07) is 3.08. The molecule has 0 aliphatic carbocycles. The smallest absolute Gasteiger partial charge is 0.293 e. The molecule has 1 saturated heterocycles. The molecule has 0 saturated carbocycles. The topological polar surface area (TPSA) is 102 Å². The Bertz CT molecular complexity index is 559. The Morgan fingerprint density at radius 3 is 2.71 bits per heavy atom. The minimum Gasteiger partial charge on any atom is -0.393 e. The van der Waals surface area contributed by atoms with Gasteiger partial charge in [0.2, 0.25) is 0 Å². The van der Waals surface area contributed by atoms with E-state index in [2.05, 4.69) is 5.32 Å². The molecule has 2 rings (SSSR count). The number of rotatable bonds is 3. The van der Waals surface area contributed by atoms with Crippen LogP contribution in [0.2, 0.25) is 0 Å². The Balaban J connectivity index is 0.00000220. The number of benzene rings is 1. The van der Waals surface area contributed by atoms with Gasteiger partial charge in [0, 0.05) is 25.7 Å². The van der Waals surface area contributed by atoms with Gasteiger partial charge in [0.05, 0.1) is 10.5 Å². The number of nitro benzene ring substituents is 1. The van der Waals surface area contributed by atoms with Crippen molar-refractivity contribution in [2.45, 2.75) is 19.4 Å². The Morgan fingerprint density at radius 2 is 2.19 bits per heavy atom. The number of nitrogen functional groups attached to an aromatic ring is 1. The van der Waals surface area contributed by atoms with E-state index in [1.54, 1.807) is 24.9 Å². The number of nitrogens with one attached hydrogen (secondary N) is 1. The zero-order valence-electron chi connectivity index (χ0n) is 12.0. The third-order valence-electron chi connectivity index (χ3n) is 3.63. The van der Waals surface area contributed by atoms with Gasteiger partial charge in [0.15, 0.2) is 0 Å². The van der Waals surface area contributed by atoms with Gasteiger partial charge in [-0.05, 0) is 31.5 Å². The molecule has 1 aliphatic rings. The minimum absolute atomic E-state index is 0. The van der Waals surface area contributed by atoms with Crippen molar-refractivity contribution in [1.29, 1.82) is 0 Å². The molecule has 7 nitrogen and oxygen atoms in total. The average Bonchev–Trinajstić information content (AvgIpc) is 2.93. The molecule has 1 fully saturated rings. The monoisotopic (exact) mass is 314 g/mol. The Hall–Kier alpha value is -1.86. The SMILES string of the molecule is Cc1cc(C(=O)N(C)C2CCNC2)c(N)c([N+](=O)[O-])c1.Cl. The van der Waals surface area contributed by atoms with E-state index >= 15 is 0 Å². The number of likely N-dealkylation sites (N-methyl/N-ethyl adjacent to an activating group) is 1. The number of nitro groups is 1. The molecule has 1 heterocycles. The van der Waals surface area contributed by atoms with Crippen LogP contribution in [0.25, 0.3) is 0 Å². The van der Waals surface area contributed by atoms with Gasteiger partial charge in [-0.15, -0.1) is 12.4 Å². The second-order valence-corrected chi connectivity index (χ2v) is 5.07. The maximum absolute atomic E-state index is 12.5. The van der Waals surface area contributed by atoms with Crippen LogP contribution in [0.15, 0.2) is 12.1 Å². The third-order valence-corrected chi connectivity index (χ3v) is 3.63. The number of anilines is 1. The average molecular weight is 315 g/mol. The van der Waals surface area contributed by atoms with E-state index in [-0.39, 0.29) is 41.3 Å². The third kappa shape index (κ3) is 3.43. The van der Waals surface area contributed by atoms with Crippen molar-refractivity contribution in [2.75, 3.05) is 25.9 Å². The van der Waals surface area contributed by atoms with Gasteiger partial charge >= 0.3 is 0 Å². The van der Waals surface area contributed by atoms with E-state index in [4.69, 9.17) is 5.73 Å². The molecule has 1 aromatic rings. The number of hydrogen-bond acceptors (Lipinski definition) is 5. The summed E-state index contributed by atoms with van der Waals surface area (Å²) in [5.41, 5.74) is 6.35. The quantitative estimate of drug-likeness (QED) is 0.498. The molecular formula is C13H19ClN4O3. The number of carbonyl (C=O) groups excluding carboxylic acids is 1. The number of carbonyl (C=O) groups is 1. The standard InChI is InChI=1S/C13H18N4O3.ClH/c1-8-5-10(12(14)11(6-8)17(19)20)13(18)16(2)9-3-4-15-7-9;/h5-6,9,15H,3-4,7,14H2,1-2H3;1H. The molecule has 1 unspecified atom stereocenters. The van der Waals surface area contributed by atoms with Crippen LogP contribution in [-0.4, -0.2) is 41.9 Å². The summed E-state index contributed by atoms with van der Waals surface area (Å²) < 4.78 is 0. The van der Waals surface area contributed by atoms with Gasteiger partial charge < -0.3 is 16.0 Å². The highest BCUT2D eigenvalue weighted by Gasteiger charge is 2.27. The highest BCUT2D eigenvalue weighted by atomic mass is 35.5. The fourth-order valence-electron chi connectivity index (χ4n) is 2.43. The van der Waals surface area contributed by atoms with Crippen LogP contribution in [0.3, 0.4) is 0 Å². The van der Waals surface area contributed by atoms with E-state index in [0.717, 1.165) is 19.5 Å². The van der Waals surface area contributed by atoms with Crippen LogP contribution in [0.5, 0.6) is 0 Å². The van der Waals surface area contributed by atoms with Crippen LogP contribution in [0, 0.1) is 17.0 Å². The van der Waals surface area contributed by atoms with E-state index in [1.165, 1.54) is 6.07 Å². The fraction of sp³-hybridized carbons (Fsp3) is 0.462. The van der Waals surface area contributed by atoms with Crippen molar-refractivity contribution in [3.05, 3.63) is 33.4 Å². The first-order valence-electron chi connectivity index (χ1n) is 6.44. The molecule has 0 aromatic heterocycles. The van der Waals surface area contributed by atoms with Crippen molar-refractivity contribution < 1.29 is 9.72 Å². The van der Waals surface area contributed by atoms with Crippen molar-refractivity contribution in [3.63, 3.8) is 0 Å². The summed E-state index contributed by atoms with van der Waals surface area (Å²) in [6.07, 6.45) is 0.871. The summed E-state index contributed by atoms with van der Waals surface area (Å²) in [7, 11) is 1.70. The molecule has 3 N–H and O–H groups in total. The second-order valence-electron chi connectivity index (χ2n) is 5.07. The molecule has 116 valence electrons. The van der Waals surface area contributed by atoms with Crippen molar-refractivity contribution >= 4 is 29.7 Å². The van der Waals surface area contributed by atoms with Crippen molar-refractivity contribution in [3.8, 4) is 0 Å². The minimum atomic E-state index is -0.559. The van der Waals surface area contributed by atoms with Gasteiger partial charge in [0.1, 0.15) is 5.69 Å². The van der Waals surface area contributed by atoms with E-state index in [1.807, 2.05) is 0 Å². The normalized spacial score (nSPS) is 17.1. The number of amides is 1. The molecule has 0 spiro atoms. The number of aryl methyl sites for hydroxylation is 1. The summed E-state index contributed by atoms with van der Waals surface area (Å²) in [6.45, 7) is 3.31. The molecule has 21 heavy (non-hydrogen) atoms. The van der Waals surface area contributed by atoms with Crippen LogP contribution in [-0.2, 0) is 0 Å². The molecule has 1 aromatic carbocycles. The predicted octanol–water partition coefficient (Wildman–Crippen LogP) is 1.34.